The first kappa shape index (κ1) is 17.2. The van der Waals surface area contributed by atoms with E-state index in [0.717, 1.165) is 6.54 Å². The summed E-state index contributed by atoms with van der Waals surface area (Å²) in [6.07, 6.45) is 0. The molecule has 0 saturated carbocycles. The highest BCUT2D eigenvalue weighted by atomic mass is 35.5. The summed E-state index contributed by atoms with van der Waals surface area (Å²) in [5.74, 6) is -1.02. The highest BCUT2D eigenvalue weighted by molar-refractivity contribution is 6.30. The molecule has 0 aliphatic rings. The molecule has 1 rings (SSSR count). The number of nitrogens with one attached hydrogen (secondary N) is 2. The van der Waals surface area contributed by atoms with Gasteiger partial charge in [0.05, 0.1) is 5.56 Å². The van der Waals surface area contributed by atoms with Gasteiger partial charge in [-0.3, -0.25) is 4.79 Å². The SMILES string of the molecule is CCN[C@H](C)CNC(=O)c1cc(Cl)ccc1F.Cl. The van der Waals surface area contributed by atoms with Gasteiger partial charge in [-0.15, -0.1) is 12.4 Å². The molecule has 1 aromatic carbocycles. The second-order valence-corrected chi connectivity index (χ2v) is 4.23. The van der Waals surface area contributed by atoms with Crippen molar-refractivity contribution in [3.8, 4) is 0 Å². The maximum atomic E-state index is 13.4. The van der Waals surface area contributed by atoms with Crippen LogP contribution in [-0.4, -0.2) is 25.0 Å². The zero-order chi connectivity index (χ0) is 12.8. The number of hydrogen-bond donors (Lipinski definition) is 2. The molecule has 3 nitrogen and oxygen atoms in total. The maximum Gasteiger partial charge on any atom is 0.254 e. The summed E-state index contributed by atoms with van der Waals surface area (Å²) in [7, 11) is 0. The lowest BCUT2D eigenvalue weighted by Gasteiger charge is -2.13. The van der Waals surface area contributed by atoms with Crippen LogP contribution in [0, 0.1) is 5.82 Å². The summed E-state index contributed by atoms with van der Waals surface area (Å²) in [5.41, 5.74) is -0.0267. The van der Waals surface area contributed by atoms with E-state index in [4.69, 9.17) is 11.6 Å². The predicted octanol–water partition coefficient (Wildman–Crippen LogP) is 2.63. The molecular formula is C12H17Cl2FN2O. The van der Waals surface area contributed by atoms with E-state index in [0.29, 0.717) is 11.6 Å². The molecule has 0 radical (unpaired) electrons. The summed E-state index contributed by atoms with van der Waals surface area (Å²) in [6.45, 7) is 5.19. The van der Waals surface area contributed by atoms with Gasteiger partial charge in [0.1, 0.15) is 5.82 Å². The number of benzene rings is 1. The van der Waals surface area contributed by atoms with E-state index in [1.807, 2.05) is 13.8 Å². The fourth-order valence-corrected chi connectivity index (χ4v) is 1.61. The van der Waals surface area contributed by atoms with Crippen LogP contribution in [0.1, 0.15) is 24.2 Å². The lowest BCUT2D eigenvalue weighted by Crippen LogP contribution is -2.39. The average molecular weight is 295 g/mol. The van der Waals surface area contributed by atoms with Crippen LogP contribution in [0.3, 0.4) is 0 Å². The smallest absolute Gasteiger partial charge is 0.254 e. The van der Waals surface area contributed by atoms with Crippen LogP contribution < -0.4 is 10.6 Å². The summed E-state index contributed by atoms with van der Waals surface area (Å²) < 4.78 is 13.4. The van der Waals surface area contributed by atoms with Crippen molar-refractivity contribution in [3.63, 3.8) is 0 Å². The Morgan fingerprint density at radius 3 is 2.78 bits per heavy atom. The fraction of sp³-hybridized carbons (Fsp3) is 0.417. The Labute approximate surface area is 118 Å². The first-order chi connectivity index (χ1) is 8.04. The van der Waals surface area contributed by atoms with Crippen molar-refractivity contribution >= 4 is 29.9 Å². The van der Waals surface area contributed by atoms with Crippen LogP contribution in [0.5, 0.6) is 0 Å². The number of rotatable bonds is 5. The van der Waals surface area contributed by atoms with E-state index < -0.39 is 11.7 Å². The molecule has 0 aliphatic heterocycles. The largest absolute Gasteiger partial charge is 0.350 e. The molecule has 0 bridgehead atoms. The number of halogens is 3. The number of likely N-dealkylation sites (N-methyl/N-ethyl adjacent to an activating group) is 1. The van der Waals surface area contributed by atoms with Crippen molar-refractivity contribution in [2.24, 2.45) is 0 Å². The zero-order valence-corrected chi connectivity index (χ0v) is 11.9. The Morgan fingerprint density at radius 2 is 2.17 bits per heavy atom. The topological polar surface area (TPSA) is 41.1 Å². The van der Waals surface area contributed by atoms with Crippen LogP contribution in [0.15, 0.2) is 18.2 Å². The average Bonchev–Trinajstić information content (AvgIpc) is 2.29. The zero-order valence-electron chi connectivity index (χ0n) is 10.3. The van der Waals surface area contributed by atoms with Crippen LogP contribution in [0.25, 0.3) is 0 Å². The Hall–Kier alpha value is -0.840. The minimum atomic E-state index is -0.567. The number of carbonyl (C=O) groups is 1. The van der Waals surface area contributed by atoms with Gasteiger partial charge in [0.25, 0.3) is 5.91 Å². The normalized spacial score (nSPS) is 11.6. The molecule has 0 aromatic heterocycles. The third-order valence-corrected chi connectivity index (χ3v) is 2.53. The molecule has 0 spiro atoms. The molecule has 1 amide bonds. The van der Waals surface area contributed by atoms with Gasteiger partial charge in [-0.05, 0) is 31.7 Å². The summed E-state index contributed by atoms with van der Waals surface area (Å²) in [4.78, 5) is 11.7. The van der Waals surface area contributed by atoms with Gasteiger partial charge in [0.15, 0.2) is 0 Å². The minimum Gasteiger partial charge on any atom is -0.350 e. The van der Waals surface area contributed by atoms with Crippen LogP contribution in [-0.2, 0) is 0 Å². The van der Waals surface area contributed by atoms with E-state index in [9.17, 15) is 9.18 Å². The second-order valence-electron chi connectivity index (χ2n) is 3.79. The molecule has 18 heavy (non-hydrogen) atoms. The van der Waals surface area contributed by atoms with Crippen LogP contribution >= 0.6 is 24.0 Å². The molecule has 1 aromatic rings. The van der Waals surface area contributed by atoms with Crippen molar-refractivity contribution in [3.05, 3.63) is 34.6 Å². The van der Waals surface area contributed by atoms with Crippen molar-refractivity contribution in [1.82, 2.24) is 10.6 Å². The quantitative estimate of drug-likeness (QED) is 0.877. The van der Waals surface area contributed by atoms with Gasteiger partial charge in [-0.1, -0.05) is 18.5 Å². The Bertz CT molecular complexity index is 402. The molecule has 1 atom stereocenters. The maximum absolute atomic E-state index is 13.4. The molecule has 0 aliphatic carbocycles. The molecule has 0 heterocycles. The monoisotopic (exact) mass is 294 g/mol. The highest BCUT2D eigenvalue weighted by Gasteiger charge is 2.12. The highest BCUT2D eigenvalue weighted by Crippen LogP contribution is 2.14. The third kappa shape index (κ3) is 5.21. The van der Waals surface area contributed by atoms with E-state index in [-0.39, 0.29) is 24.0 Å². The van der Waals surface area contributed by atoms with Crippen molar-refractivity contribution in [2.75, 3.05) is 13.1 Å². The van der Waals surface area contributed by atoms with Gasteiger partial charge >= 0.3 is 0 Å². The number of amides is 1. The molecule has 6 heteroatoms. The molecular weight excluding hydrogens is 278 g/mol. The Morgan fingerprint density at radius 1 is 1.50 bits per heavy atom. The molecule has 102 valence electrons. The first-order valence-corrected chi connectivity index (χ1v) is 5.89. The molecule has 0 unspecified atom stereocenters. The van der Waals surface area contributed by atoms with Gasteiger partial charge in [0, 0.05) is 17.6 Å². The lowest BCUT2D eigenvalue weighted by atomic mass is 10.2. The summed E-state index contributed by atoms with van der Waals surface area (Å²) in [5, 5.41) is 6.14. The van der Waals surface area contributed by atoms with Gasteiger partial charge < -0.3 is 10.6 Å². The minimum absolute atomic E-state index is 0. The molecule has 2 N–H and O–H groups in total. The Kier molecular flexibility index (Phi) is 7.91. The molecule has 0 fully saturated rings. The van der Waals surface area contributed by atoms with Crippen molar-refractivity contribution in [1.29, 1.82) is 0 Å². The lowest BCUT2D eigenvalue weighted by molar-refractivity contribution is 0.0946. The van der Waals surface area contributed by atoms with E-state index in [2.05, 4.69) is 10.6 Å². The fourth-order valence-electron chi connectivity index (χ4n) is 1.43. The van der Waals surface area contributed by atoms with Crippen LogP contribution in [0.2, 0.25) is 5.02 Å². The summed E-state index contributed by atoms with van der Waals surface area (Å²) >= 11 is 5.71. The van der Waals surface area contributed by atoms with E-state index in [1.54, 1.807) is 0 Å². The van der Waals surface area contributed by atoms with Gasteiger partial charge in [-0.2, -0.15) is 0 Å². The number of carbonyl (C=O) groups excluding carboxylic acids is 1. The van der Waals surface area contributed by atoms with Gasteiger partial charge in [-0.25, -0.2) is 4.39 Å². The standard InChI is InChI=1S/C12H16ClFN2O.ClH/c1-3-15-8(2)7-16-12(17)10-6-9(13)4-5-11(10)14;/h4-6,8,15H,3,7H2,1-2H3,(H,16,17);1H/t8-;/m1./s1. The third-order valence-electron chi connectivity index (χ3n) is 2.29. The predicted molar refractivity (Wildman–Crippen MR) is 74.1 cm³/mol. The second kappa shape index (κ2) is 8.29. The molecule has 0 saturated heterocycles. The van der Waals surface area contributed by atoms with Gasteiger partial charge in [0.2, 0.25) is 0 Å². The van der Waals surface area contributed by atoms with Crippen molar-refractivity contribution in [2.45, 2.75) is 19.9 Å². The van der Waals surface area contributed by atoms with E-state index >= 15 is 0 Å². The van der Waals surface area contributed by atoms with Crippen molar-refractivity contribution < 1.29 is 9.18 Å². The Balaban J connectivity index is 0.00000289. The van der Waals surface area contributed by atoms with E-state index in [1.165, 1.54) is 18.2 Å². The van der Waals surface area contributed by atoms with Crippen LogP contribution in [0.4, 0.5) is 4.39 Å². The summed E-state index contributed by atoms with van der Waals surface area (Å²) in [6, 6.07) is 4.07. The number of hydrogen-bond acceptors (Lipinski definition) is 2. The first-order valence-electron chi connectivity index (χ1n) is 5.51.